The van der Waals surface area contributed by atoms with Gasteiger partial charge in [-0.15, -0.1) is 0 Å². The molecule has 0 aliphatic carbocycles. The predicted molar refractivity (Wildman–Crippen MR) is 69.8 cm³/mol. The summed E-state index contributed by atoms with van der Waals surface area (Å²) >= 11 is 0. The molecule has 4 heteroatoms. The van der Waals surface area contributed by atoms with E-state index < -0.39 is 0 Å². The lowest BCUT2D eigenvalue weighted by Gasteiger charge is -2.44. The third kappa shape index (κ3) is 2.69. The standard InChI is InChI=1S/C13H24N4/c1-5-13(3)10-17(11(2)8-15-13)9-12-14-6-7-16(12)4/h6-7,11,15H,5,8-10H2,1-4H3. The first kappa shape index (κ1) is 12.6. The van der Waals surface area contributed by atoms with Crippen LogP contribution in [0, 0.1) is 0 Å². The average molecular weight is 236 g/mol. The number of nitrogens with zero attached hydrogens (tertiary/aromatic N) is 3. The van der Waals surface area contributed by atoms with E-state index in [0.29, 0.717) is 6.04 Å². The van der Waals surface area contributed by atoms with Crippen LogP contribution in [0.25, 0.3) is 0 Å². The zero-order valence-corrected chi connectivity index (χ0v) is 11.4. The lowest BCUT2D eigenvalue weighted by Crippen LogP contribution is -2.61. The Kier molecular flexibility index (Phi) is 3.54. The van der Waals surface area contributed by atoms with Crippen molar-refractivity contribution in [2.45, 2.75) is 45.3 Å². The van der Waals surface area contributed by atoms with E-state index in [1.165, 1.54) is 0 Å². The monoisotopic (exact) mass is 236 g/mol. The Bertz CT molecular complexity index is 373. The molecule has 2 rings (SSSR count). The van der Waals surface area contributed by atoms with Gasteiger partial charge in [-0.1, -0.05) is 6.92 Å². The van der Waals surface area contributed by atoms with Gasteiger partial charge in [-0.25, -0.2) is 4.98 Å². The van der Waals surface area contributed by atoms with Crippen molar-refractivity contribution in [2.75, 3.05) is 13.1 Å². The summed E-state index contributed by atoms with van der Waals surface area (Å²) in [5.74, 6) is 1.15. The zero-order chi connectivity index (χ0) is 12.5. The van der Waals surface area contributed by atoms with Crippen LogP contribution < -0.4 is 5.32 Å². The molecule has 2 unspecified atom stereocenters. The van der Waals surface area contributed by atoms with Gasteiger partial charge in [0.25, 0.3) is 0 Å². The molecule has 2 heterocycles. The van der Waals surface area contributed by atoms with Crippen LogP contribution in [0.1, 0.15) is 33.0 Å². The van der Waals surface area contributed by atoms with Gasteiger partial charge in [-0.05, 0) is 20.3 Å². The smallest absolute Gasteiger partial charge is 0.122 e. The van der Waals surface area contributed by atoms with Crippen molar-refractivity contribution in [3.63, 3.8) is 0 Å². The number of nitrogens with one attached hydrogen (secondary N) is 1. The summed E-state index contributed by atoms with van der Waals surface area (Å²) in [6, 6.07) is 0.575. The molecule has 0 saturated carbocycles. The highest BCUT2D eigenvalue weighted by Crippen LogP contribution is 2.20. The first-order chi connectivity index (χ1) is 8.04. The Morgan fingerprint density at radius 1 is 1.59 bits per heavy atom. The molecule has 96 valence electrons. The molecule has 1 fully saturated rings. The highest BCUT2D eigenvalue weighted by atomic mass is 15.3. The van der Waals surface area contributed by atoms with Crippen LogP contribution in [0.2, 0.25) is 0 Å². The number of hydrogen-bond acceptors (Lipinski definition) is 3. The summed E-state index contributed by atoms with van der Waals surface area (Å²) in [5, 5.41) is 3.65. The van der Waals surface area contributed by atoms with Gasteiger partial charge in [0.1, 0.15) is 5.82 Å². The van der Waals surface area contributed by atoms with Crippen LogP contribution in [-0.2, 0) is 13.6 Å². The second kappa shape index (κ2) is 4.78. The molecule has 0 aromatic carbocycles. The minimum Gasteiger partial charge on any atom is -0.337 e. The Morgan fingerprint density at radius 2 is 2.35 bits per heavy atom. The Labute approximate surface area is 104 Å². The van der Waals surface area contributed by atoms with Gasteiger partial charge in [0.2, 0.25) is 0 Å². The quantitative estimate of drug-likeness (QED) is 0.861. The largest absolute Gasteiger partial charge is 0.337 e. The molecule has 0 spiro atoms. The molecule has 1 saturated heterocycles. The Morgan fingerprint density at radius 3 is 2.94 bits per heavy atom. The van der Waals surface area contributed by atoms with Crippen LogP contribution in [0.3, 0.4) is 0 Å². The fourth-order valence-corrected chi connectivity index (χ4v) is 2.36. The van der Waals surface area contributed by atoms with Gasteiger partial charge in [0, 0.05) is 44.1 Å². The molecule has 1 aliphatic rings. The van der Waals surface area contributed by atoms with Crippen LogP contribution >= 0.6 is 0 Å². The van der Waals surface area contributed by atoms with Crippen molar-refractivity contribution in [3.8, 4) is 0 Å². The normalized spacial score (nSPS) is 30.7. The SMILES string of the molecule is CCC1(C)CN(Cc2nccn2C)C(C)CN1. The van der Waals surface area contributed by atoms with Crippen LogP contribution in [-0.4, -0.2) is 39.1 Å². The predicted octanol–water partition coefficient (Wildman–Crippen LogP) is 1.38. The Hall–Kier alpha value is -0.870. The molecule has 1 aromatic heterocycles. The van der Waals surface area contributed by atoms with Gasteiger partial charge < -0.3 is 9.88 Å². The van der Waals surface area contributed by atoms with Gasteiger partial charge in [0.15, 0.2) is 0 Å². The van der Waals surface area contributed by atoms with Crippen molar-refractivity contribution in [1.29, 1.82) is 0 Å². The molecule has 4 nitrogen and oxygen atoms in total. The number of aromatic nitrogens is 2. The minimum absolute atomic E-state index is 0.248. The van der Waals surface area contributed by atoms with Crippen molar-refractivity contribution in [1.82, 2.24) is 19.8 Å². The summed E-state index contributed by atoms with van der Waals surface area (Å²) in [4.78, 5) is 6.95. The first-order valence-electron chi connectivity index (χ1n) is 6.49. The first-order valence-corrected chi connectivity index (χ1v) is 6.49. The van der Waals surface area contributed by atoms with Crippen molar-refractivity contribution >= 4 is 0 Å². The second-order valence-electron chi connectivity index (χ2n) is 5.50. The van der Waals surface area contributed by atoms with E-state index in [-0.39, 0.29) is 5.54 Å². The van der Waals surface area contributed by atoms with E-state index in [9.17, 15) is 0 Å². The van der Waals surface area contributed by atoms with Crippen LogP contribution in [0.5, 0.6) is 0 Å². The molecule has 17 heavy (non-hydrogen) atoms. The topological polar surface area (TPSA) is 33.1 Å². The average Bonchev–Trinajstić information content (AvgIpc) is 2.70. The van der Waals surface area contributed by atoms with E-state index in [4.69, 9.17) is 0 Å². The molecular formula is C13H24N4. The summed E-state index contributed by atoms with van der Waals surface area (Å²) in [6.45, 7) is 9.95. The summed E-state index contributed by atoms with van der Waals surface area (Å²) in [5.41, 5.74) is 0.248. The zero-order valence-electron chi connectivity index (χ0n) is 11.4. The molecule has 1 aromatic rings. The number of aryl methyl sites for hydroxylation is 1. The molecule has 1 N–H and O–H groups in total. The molecule has 0 radical (unpaired) electrons. The Balaban J connectivity index is 2.06. The highest BCUT2D eigenvalue weighted by molar-refractivity contribution is 4.97. The van der Waals surface area contributed by atoms with E-state index in [1.807, 2.05) is 12.4 Å². The van der Waals surface area contributed by atoms with Crippen LogP contribution in [0.4, 0.5) is 0 Å². The third-order valence-corrected chi connectivity index (χ3v) is 4.05. The number of hydrogen-bond donors (Lipinski definition) is 1. The highest BCUT2D eigenvalue weighted by Gasteiger charge is 2.32. The van der Waals surface area contributed by atoms with E-state index >= 15 is 0 Å². The lowest BCUT2D eigenvalue weighted by atomic mass is 9.94. The van der Waals surface area contributed by atoms with E-state index in [1.54, 1.807) is 0 Å². The fraction of sp³-hybridized carbons (Fsp3) is 0.769. The molecule has 0 bridgehead atoms. The van der Waals surface area contributed by atoms with Crippen molar-refractivity contribution in [3.05, 3.63) is 18.2 Å². The van der Waals surface area contributed by atoms with Crippen molar-refractivity contribution in [2.24, 2.45) is 7.05 Å². The maximum absolute atomic E-state index is 4.42. The summed E-state index contributed by atoms with van der Waals surface area (Å²) in [6.07, 6.45) is 5.05. The maximum atomic E-state index is 4.42. The summed E-state index contributed by atoms with van der Waals surface area (Å²) in [7, 11) is 2.06. The molecular weight excluding hydrogens is 212 g/mol. The second-order valence-corrected chi connectivity index (χ2v) is 5.50. The van der Waals surface area contributed by atoms with E-state index in [0.717, 1.165) is 31.9 Å². The number of rotatable bonds is 3. The van der Waals surface area contributed by atoms with Crippen molar-refractivity contribution < 1.29 is 0 Å². The molecule has 2 atom stereocenters. The summed E-state index contributed by atoms with van der Waals surface area (Å²) < 4.78 is 2.11. The van der Waals surface area contributed by atoms with E-state index in [2.05, 4.69) is 47.6 Å². The minimum atomic E-state index is 0.248. The third-order valence-electron chi connectivity index (χ3n) is 4.05. The van der Waals surface area contributed by atoms with Gasteiger partial charge in [0.05, 0.1) is 6.54 Å². The molecule has 1 aliphatic heterocycles. The maximum Gasteiger partial charge on any atom is 0.122 e. The molecule has 0 amide bonds. The lowest BCUT2D eigenvalue weighted by molar-refractivity contribution is 0.0835. The van der Waals surface area contributed by atoms with Gasteiger partial charge >= 0.3 is 0 Å². The van der Waals surface area contributed by atoms with Gasteiger partial charge in [-0.3, -0.25) is 4.90 Å². The van der Waals surface area contributed by atoms with Gasteiger partial charge in [-0.2, -0.15) is 0 Å². The number of piperazine rings is 1. The van der Waals surface area contributed by atoms with Crippen LogP contribution in [0.15, 0.2) is 12.4 Å². The fourth-order valence-electron chi connectivity index (χ4n) is 2.36. The number of imidazole rings is 1.